The van der Waals surface area contributed by atoms with Crippen LogP contribution in [0.5, 0.6) is 5.75 Å². The Morgan fingerprint density at radius 1 is 1.47 bits per heavy atom. The van der Waals surface area contributed by atoms with Crippen molar-refractivity contribution in [3.05, 3.63) is 29.6 Å². The molecule has 0 bridgehead atoms. The Labute approximate surface area is 95.0 Å². The van der Waals surface area contributed by atoms with Crippen molar-refractivity contribution < 1.29 is 9.13 Å². The number of hydrogen-bond donors (Lipinski definition) is 2. The van der Waals surface area contributed by atoms with Crippen LogP contribution in [0.15, 0.2) is 18.2 Å². The van der Waals surface area contributed by atoms with Gasteiger partial charge in [-0.15, -0.1) is 12.4 Å². The molecule has 1 aromatic carbocycles. The third-order valence-corrected chi connectivity index (χ3v) is 2.07. The van der Waals surface area contributed by atoms with Crippen LogP contribution in [0.25, 0.3) is 0 Å². The van der Waals surface area contributed by atoms with Gasteiger partial charge in [-0.2, -0.15) is 0 Å². The van der Waals surface area contributed by atoms with Gasteiger partial charge in [-0.05, 0) is 19.0 Å². The minimum atomic E-state index is -0.328. The van der Waals surface area contributed by atoms with Gasteiger partial charge in [-0.3, -0.25) is 0 Å². The molecule has 1 rings (SSSR count). The Bertz CT molecular complexity index is 309. The number of methoxy groups -OCH3 is 1. The molecule has 3 nitrogen and oxygen atoms in total. The molecule has 0 aliphatic heterocycles. The zero-order valence-corrected chi connectivity index (χ0v) is 9.39. The van der Waals surface area contributed by atoms with Crippen molar-refractivity contribution in [1.82, 2.24) is 0 Å². The summed E-state index contributed by atoms with van der Waals surface area (Å²) < 4.78 is 17.9. The fraction of sp³-hybridized carbons (Fsp3) is 0.400. The average Bonchev–Trinajstić information content (AvgIpc) is 2.17. The molecule has 1 aromatic rings. The van der Waals surface area contributed by atoms with Crippen molar-refractivity contribution in [2.24, 2.45) is 11.5 Å². The Hall–Kier alpha value is -0.840. The van der Waals surface area contributed by atoms with Gasteiger partial charge in [-0.25, -0.2) is 4.39 Å². The van der Waals surface area contributed by atoms with Gasteiger partial charge in [0.15, 0.2) is 0 Å². The van der Waals surface area contributed by atoms with Gasteiger partial charge in [0, 0.05) is 17.7 Å². The standard InChI is InChI=1S/C10H15FN2O.ClH/c1-14-10-6-7(11)2-3-8(10)9(13)4-5-12;/h2-3,6,9H,4-5,12-13H2,1H3;1H/t9-;/m0./s1. The molecule has 5 heteroatoms. The van der Waals surface area contributed by atoms with Crippen molar-refractivity contribution in [2.45, 2.75) is 12.5 Å². The van der Waals surface area contributed by atoms with Crippen molar-refractivity contribution in [3.8, 4) is 5.75 Å². The SMILES string of the molecule is COc1cc(F)ccc1[C@@H](N)CCN.Cl. The topological polar surface area (TPSA) is 61.3 Å². The number of rotatable bonds is 4. The van der Waals surface area contributed by atoms with Crippen LogP contribution < -0.4 is 16.2 Å². The second-order valence-electron chi connectivity index (χ2n) is 3.07. The lowest BCUT2D eigenvalue weighted by molar-refractivity contribution is 0.401. The molecule has 15 heavy (non-hydrogen) atoms. The number of hydrogen-bond acceptors (Lipinski definition) is 3. The maximum atomic E-state index is 12.8. The Balaban J connectivity index is 0.00000196. The zero-order chi connectivity index (χ0) is 10.6. The fourth-order valence-electron chi connectivity index (χ4n) is 1.33. The van der Waals surface area contributed by atoms with E-state index in [-0.39, 0.29) is 24.3 Å². The molecule has 0 aliphatic carbocycles. The lowest BCUT2D eigenvalue weighted by Crippen LogP contribution is -2.16. The monoisotopic (exact) mass is 234 g/mol. The first-order chi connectivity index (χ1) is 6.69. The van der Waals surface area contributed by atoms with Crippen LogP contribution >= 0.6 is 12.4 Å². The van der Waals surface area contributed by atoms with E-state index < -0.39 is 0 Å². The third kappa shape index (κ3) is 3.66. The largest absolute Gasteiger partial charge is 0.496 e. The number of halogens is 2. The highest BCUT2D eigenvalue weighted by Crippen LogP contribution is 2.25. The molecular formula is C10H16ClFN2O. The summed E-state index contributed by atoms with van der Waals surface area (Å²) in [6.45, 7) is 0.502. The fourth-order valence-corrected chi connectivity index (χ4v) is 1.33. The maximum absolute atomic E-state index is 12.8. The molecule has 0 unspecified atom stereocenters. The second kappa shape index (κ2) is 6.61. The van der Waals surface area contributed by atoms with Crippen LogP contribution in [0.4, 0.5) is 4.39 Å². The highest BCUT2D eigenvalue weighted by molar-refractivity contribution is 5.85. The van der Waals surface area contributed by atoms with Gasteiger partial charge < -0.3 is 16.2 Å². The molecule has 1 atom stereocenters. The van der Waals surface area contributed by atoms with E-state index in [4.69, 9.17) is 16.2 Å². The van der Waals surface area contributed by atoms with E-state index in [0.29, 0.717) is 18.7 Å². The van der Waals surface area contributed by atoms with Gasteiger partial charge >= 0.3 is 0 Å². The quantitative estimate of drug-likeness (QED) is 0.832. The summed E-state index contributed by atoms with van der Waals surface area (Å²) in [4.78, 5) is 0. The predicted octanol–water partition coefficient (Wildman–Crippen LogP) is 1.60. The van der Waals surface area contributed by atoms with Crippen LogP contribution in [0.2, 0.25) is 0 Å². The molecule has 0 fully saturated rings. The van der Waals surface area contributed by atoms with E-state index in [1.54, 1.807) is 6.07 Å². The lowest BCUT2D eigenvalue weighted by atomic mass is 10.0. The highest BCUT2D eigenvalue weighted by Gasteiger charge is 2.11. The Morgan fingerprint density at radius 2 is 2.13 bits per heavy atom. The summed E-state index contributed by atoms with van der Waals surface area (Å²) in [6, 6.07) is 4.13. The van der Waals surface area contributed by atoms with Crippen molar-refractivity contribution >= 4 is 12.4 Å². The van der Waals surface area contributed by atoms with Gasteiger partial charge in [0.05, 0.1) is 7.11 Å². The summed E-state index contributed by atoms with van der Waals surface area (Å²) in [5, 5.41) is 0. The first kappa shape index (κ1) is 14.2. The van der Waals surface area contributed by atoms with Crippen molar-refractivity contribution in [2.75, 3.05) is 13.7 Å². The van der Waals surface area contributed by atoms with E-state index in [0.717, 1.165) is 5.56 Å². The minimum Gasteiger partial charge on any atom is -0.496 e. The van der Waals surface area contributed by atoms with Crippen LogP contribution in [-0.2, 0) is 0 Å². The molecule has 0 amide bonds. The van der Waals surface area contributed by atoms with E-state index >= 15 is 0 Å². The Morgan fingerprint density at radius 3 is 2.67 bits per heavy atom. The summed E-state index contributed by atoms with van der Waals surface area (Å²) in [6.07, 6.45) is 0.655. The van der Waals surface area contributed by atoms with Gasteiger partial charge in [0.1, 0.15) is 11.6 Å². The van der Waals surface area contributed by atoms with Crippen molar-refractivity contribution in [3.63, 3.8) is 0 Å². The molecule has 0 saturated carbocycles. The van der Waals surface area contributed by atoms with Crippen LogP contribution in [0, 0.1) is 5.82 Å². The minimum absolute atomic E-state index is 0. The number of nitrogens with two attached hydrogens (primary N) is 2. The molecule has 0 aromatic heterocycles. The summed E-state index contributed by atoms with van der Waals surface area (Å²) in [5.74, 6) is 0.150. The maximum Gasteiger partial charge on any atom is 0.126 e. The summed E-state index contributed by atoms with van der Waals surface area (Å²) in [7, 11) is 1.49. The van der Waals surface area contributed by atoms with E-state index in [1.807, 2.05) is 0 Å². The molecule has 0 radical (unpaired) electrons. The zero-order valence-electron chi connectivity index (χ0n) is 8.57. The van der Waals surface area contributed by atoms with Gasteiger partial charge in [-0.1, -0.05) is 6.07 Å². The summed E-state index contributed by atoms with van der Waals surface area (Å²) in [5.41, 5.74) is 12.0. The smallest absolute Gasteiger partial charge is 0.126 e. The van der Waals surface area contributed by atoms with Crippen molar-refractivity contribution in [1.29, 1.82) is 0 Å². The van der Waals surface area contributed by atoms with Crippen LogP contribution in [0.1, 0.15) is 18.0 Å². The number of benzene rings is 1. The second-order valence-corrected chi connectivity index (χ2v) is 3.07. The molecule has 0 heterocycles. The highest BCUT2D eigenvalue weighted by atomic mass is 35.5. The summed E-state index contributed by atoms with van der Waals surface area (Å²) >= 11 is 0. The number of ether oxygens (including phenoxy) is 1. The third-order valence-electron chi connectivity index (χ3n) is 2.07. The van der Waals surface area contributed by atoms with Gasteiger partial charge in [0.25, 0.3) is 0 Å². The van der Waals surface area contributed by atoms with E-state index in [1.165, 1.54) is 19.2 Å². The van der Waals surface area contributed by atoms with Crippen LogP contribution in [-0.4, -0.2) is 13.7 Å². The molecule has 86 valence electrons. The first-order valence-corrected chi connectivity index (χ1v) is 4.48. The molecular weight excluding hydrogens is 219 g/mol. The average molecular weight is 235 g/mol. The normalized spacial score (nSPS) is 11.7. The molecule has 0 aliphatic rings. The lowest BCUT2D eigenvalue weighted by Gasteiger charge is -2.14. The molecule has 4 N–H and O–H groups in total. The van der Waals surface area contributed by atoms with E-state index in [9.17, 15) is 4.39 Å². The molecule has 0 saturated heterocycles. The van der Waals surface area contributed by atoms with Crippen LogP contribution in [0.3, 0.4) is 0 Å². The Kier molecular flexibility index (Phi) is 6.24. The van der Waals surface area contributed by atoms with E-state index in [2.05, 4.69) is 0 Å². The predicted molar refractivity (Wildman–Crippen MR) is 60.8 cm³/mol. The van der Waals surface area contributed by atoms with Gasteiger partial charge in [0.2, 0.25) is 0 Å². The molecule has 0 spiro atoms. The first-order valence-electron chi connectivity index (χ1n) is 4.48.